The normalized spacial score (nSPS) is 12.8. The smallest absolute Gasteiger partial charge is 0.308 e. The van der Waals surface area contributed by atoms with Crippen molar-refractivity contribution in [3.05, 3.63) is 12.2 Å². The molecule has 0 amide bonds. The summed E-state index contributed by atoms with van der Waals surface area (Å²) in [5.41, 5.74) is 0. The van der Waals surface area contributed by atoms with Crippen molar-refractivity contribution in [2.45, 2.75) is 72.1 Å². The van der Waals surface area contributed by atoms with E-state index in [1.807, 2.05) is 13.8 Å². The van der Waals surface area contributed by atoms with Gasteiger partial charge in [-0.15, -0.1) is 0 Å². The van der Waals surface area contributed by atoms with Crippen LogP contribution in [0, 0.1) is 5.92 Å². The molecule has 0 saturated carbocycles. The molecule has 0 N–H and O–H groups in total. The van der Waals surface area contributed by atoms with Crippen molar-refractivity contribution < 1.29 is 9.53 Å². The molecule has 0 radical (unpaired) electrons. The molecule has 0 fully saturated rings. The fourth-order valence-electron chi connectivity index (χ4n) is 1.84. The maximum atomic E-state index is 11.7. The van der Waals surface area contributed by atoms with Crippen LogP contribution >= 0.6 is 0 Å². The lowest BCUT2D eigenvalue weighted by Gasteiger charge is -2.11. The van der Waals surface area contributed by atoms with E-state index in [9.17, 15) is 4.79 Å². The fraction of sp³-hybridized carbons (Fsp3) is 0.812. The number of rotatable bonds is 11. The van der Waals surface area contributed by atoms with Gasteiger partial charge in [0.05, 0.1) is 12.5 Å². The number of carbonyl (C=O) groups is 1. The Hall–Kier alpha value is -0.790. The Morgan fingerprint density at radius 1 is 1.17 bits per heavy atom. The summed E-state index contributed by atoms with van der Waals surface area (Å²) in [6, 6.07) is 0. The summed E-state index contributed by atoms with van der Waals surface area (Å²) in [5, 5.41) is 0. The van der Waals surface area contributed by atoms with Crippen molar-refractivity contribution in [1.29, 1.82) is 0 Å². The van der Waals surface area contributed by atoms with E-state index >= 15 is 0 Å². The van der Waals surface area contributed by atoms with E-state index in [4.69, 9.17) is 4.74 Å². The average Bonchev–Trinajstić information content (AvgIpc) is 2.38. The van der Waals surface area contributed by atoms with Crippen LogP contribution in [-0.2, 0) is 9.53 Å². The molecule has 0 aliphatic heterocycles. The Morgan fingerprint density at radius 3 is 2.61 bits per heavy atom. The van der Waals surface area contributed by atoms with Crippen LogP contribution in [0.5, 0.6) is 0 Å². The molecule has 0 spiro atoms. The van der Waals surface area contributed by atoms with E-state index < -0.39 is 0 Å². The molecular formula is C16H30O2. The largest absolute Gasteiger partial charge is 0.465 e. The number of unbranched alkanes of at least 4 members (excludes halogenated alkanes) is 5. The quantitative estimate of drug-likeness (QED) is 0.298. The zero-order valence-electron chi connectivity index (χ0n) is 12.4. The minimum Gasteiger partial charge on any atom is -0.465 e. The summed E-state index contributed by atoms with van der Waals surface area (Å²) < 4.78 is 5.28. The molecule has 1 unspecified atom stereocenters. The van der Waals surface area contributed by atoms with Crippen LogP contribution in [-0.4, -0.2) is 12.6 Å². The van der Waals surface area contributed by atoms with Gasteiger partial charge in [0.1, 0.15) is 0 Å². The van der Waals surface area contributed by atoms with Gasteiger partial charge in [-0.3, -0.25) is 4.79 Å². The maximum absolute atomic E-state index is 11.7. The van der Waals surface area contributed by atoms with Crippen molar-refractivity contribution >= 4 is 5.97 Å². The molecule has 0 heterocycles. The van der Waals surface area contributed by atoms with Crippen molar-refractivity contribution in [1.82, 2.24) is 0 Å². The third-order valence-electron chi connectivity index (χ3n) is 3.14. The molecule has 0 aliphatic carbocycles. The highest BCUT2D eigenvalue weighted by Crippen LogP contribution is 2.12. The van der Waals surface area contributed by atoms with E-state index in [-0.39, 0.29) is 11.9 Å². The van der Waals surface area contributed by atoms with Gasteiger partial charge in [0.2, 0.25) is 0 Å². The van der Waals surface area contributed by atoms with E-state index in [1.54, 1.807) is 0 Å². The summed E-state index contributed by atoms with van der Waals surface area (Å²) in [6.45, 7) is 6.79. The summed E-state index contributed by atoms with van der Waals surface area (Å²) in [7, 11) is 0. The molecule has 2 heteroatoms. The van der Waals surface area contributed by atoms with Crippen LogP contribution < -0.4 is 0 Å². The maximum Gasteiger partial charge on any atom is 0.308 e. The van der Waals surface area contributed by atoms with Crippen molar-refractivity contribution in [2.75, 3.05) is 6.61 Å². The lowest BCUT2D eigenvalue weighted by atomic mass is 10.0. The monoisotopic (exact) mass is 254 g/mol. The SMILES string of the molecule is CC=CCCCCOC(=O)C(C)CCCCCC. The first-order valence-corrected chi connectivity index (χ1v) is 7.50. The first kappa shape index (κ1) is 17.2. The highest BCUT2D eigenvalue weighted by atomic mass is 16.5. The number of allylic oxidation sites excluding steroid dienone is 2. The van der Waals surface area contributed by atoms with E-state index in [0.717, 1.165) is 32.1 Å². The van der Waals surface area contributed by atoms with E-state index in [2.05, 4.69) is 19.1 Å². The number of hydrogen-bond donors (Lipinski definition) is 0. The topological polar surface area (TPSA) is 26.3 Å². The van der Waals surface area contributed by atoms with Crippen molar-refractivity contribution in [3.63, 3.8) is 0 Å². The highest BCUT2D eigenvalue weighted by Gasteiger charge is 2.13. The number of carbonyl (C=O) groups excluding carboxylic acids is 1. The Balaban J connectivity index is 3.44. The van der Waals surface area contributed by atoms with Gasteiger partial charge in [-0.1, -0.05) is 51.7 Å². The third-order valence-corrected chi connectivity index (χ3v) is 3.14. The lowest BCUT2D eigenvalue weighted by molar-refractivity contribution is -0.148. The summed E-state index contributed by atoms with van der Waals surface area (Å²) in [6.07, 6.45) is 13.2. The average molecular weight is 254 g/mol. The molecular weight excluding hydrogens is 224 g/mol. The highest BCUT2D eigenvalue weighted by molar-refractivity contribution is 5.71. The first-order chi connectivity index (χ1) is 8.72. The Labute approximate surface area is 113 Å². The fourth-order valence-corrected chi connectivity index (χ4v) is 1.84. The predicted molar refractivity (Wildman–Crippen MR) is 77.5 cm³/mol. The van der Waals surface area contributed by atoms with Crippen LogP contribution in [0.3, 0.4) is 0 Å². The minimum absolute atomic E-state index is 0.0162. The summed E-state index contributed by atoms with van der Waals surface area (Å²) in [4.78, 5) is 11.7. The van der Waals surface area contributed by atoms with Gasteiger partial charge in [0, 0.05) is 0 Å². The van der Waals surface area contributed by atoms with Gasteiger partial charge in [-0.2, -0.15) is 0 Å². The molecule has 0 aromatic rings. The Bertz CT molecular complexity index is 221. The summed E-state index contributed by atoms with van der Waals surface area (Å²) in [5.74, 6) is 0.0509. The second kappa shape index (κ2) is 12.7. The van der Waals surface area contributed by atoms with Crippen molar-refractivity contribution in [3.8, 4) is 0 Å². The van der Waals surface area contributed by atoms with Gasteiger partial charge < -0.3 is 4.74 Å². The second-order valence-electron chi connectivity index (χ2n) is 4.98. The molecule has 0 aromatic heterocycles. The van der Waals surface area contributed by atoms with Crippen LogP contribution in [0.15, 0.2) is 12.2 Å². The second-order valence-corrected chi connectivity index (χ2v) is 4.98. The van der Waals surface area contributed by atoms with E-state index in [1.165, 1.54) is 19.3 Å². The molecule has 2 nitrogen and oxygen atoms in total. The zero-order chi connectivity index (χ0) is 13.6. The third kappa shape index (κ3) is 10.4. The molecule has 0 rings (SSSR count). The van der Waals surface area contributed by atoms with E-state index in [0.29, 0.717) is 6.61 Å². The molecule has 0 bridgehead atoms. The first-order valence-electron chi connectivity index (χ1n) is 7.50. The lowest BCUT2D eigenvalue weighted by Crippen LogP contribution is -2.15. The summed E-state index contributed by atoms with van der Waals surface area (Å²) >= 11 is 0. The van der Waals surface area contributed by atoms with Crippen LogP contribution in [0.25, 0.3) is 0 Å². The number of hydrogen-bond acceptors (Lipinski definition) is 2. The van der Waals surface area contributed by atoms with Gasteiger partial charge in [-0.25, -0.2) is 0 Å². The number of ether oxygens (including phenoxy) is 1. The molecule has 0 aliphatic rings. The molecule has 0 aromatic carbocycles. The zero-order valence-corrected chi connectivity index (χ0v) is 12.4. The van der Waals surface area contributed by atoms with Gasteiger partial charge >= 0.3 is 5.97 Å². The van der Waals surface area contributed by atoms with Crippen molar-refractivity contribution in [2.24, 2.45) is 5.92 Å². The predicted octanol–water partition coefficient (Wildman–Crippen LogP) is 4.88. The minimum atomic E-state index is -0.0162. The number of esters is 1. The van der Waals surface area contributed by atoms with Crippen LogP contribution in [0.2, 0.25) is 0 Å². The Morgan fingerprint density at radius 2 is 1.94 bits per heavy atom. The van der Waals surface area contributed by atoms with Crippen LogP contribution in [0.1, 0.15) is 72.1 Å². The standard InChI is InChI=1S/C16H30O2/c1-4-6-8-10-12-14-18-16(17)15(3)13-11-9-7-5-2/h4,6,15H,5,7-14H2,1-3H3. The van der Waals surface area contributed by atoms with Gasteiger partial charge in [-0.05, 0) is 32.6 Å². The molecule has 18 heavy (non-hydrogen) atoms. The molecule has 1 atom stereocenters. The Kier molecular flexibility index (Phi) is 12.1. The molecule has 106 valence electrons. The van der Waals surface area contributed by atoms with Gasteiger partial charge in [0.25, 0.3) is 0 Å². The van der Waals surface area contributed by atoms with Crippen LogP contribution in [0.4, 0.5) is 0 Å². The van der Waals surface area contributed by atoms with Gasteiger partial charge in [0.15, 0.2) is 0 Å². The molecule has 0 saturated heterocycles.